The smallest absolute Gasteiger partial charge is 0.0745 e. The van der Waals surface area contributed by atoms with Gasteiger partial charge in [-0.1, -0.05) is 28.1 Å². The minimum absolute atomic E-state index is 0.169. The van der Waals surface area contributed by atoms with E-state index in [1.807, 2.05) is 31.0 Å². The summed E-state index contributed by atoms with van der Waals surface area (Å²) in [6.07, 6.45) is 1.83. The summed E-state index contributed by atoms with van der Waals surface area (Å²) in [4.78, 5) is 0. The highest BCUT2D eigenvalue weighted by atomic mass is 79.9. The van der Waals surface area contributed by atoms with E-state index in [0.29, 0.717) is 0 Å². The first-order valence-corrected chi connectivity index (χ1v) is 6.75. The number of halogens is 1. The van der Waals surface area contributed by atoms with Crippen molar-refractivity contribution in [2.45, 2.75) is 19.9 Å². The van der Waals surface area contributed by atoms with Crippen molar-refractivity contribution in [2.75, 3.05) is 7.05 Å². The number of aromatic nitrogens is 2. The summed E-state index contributed by atoms with van der Waals surface area (Å²) in [6.45, 7) is 4.24. The Hall–Kier alpha value is -1.13. The molecule has 0 aliphatic rings. The van der Waals surface area contributed by atoms with E-state index in [4.69, 9.17) is 0 Å². The highest BCUT2D eigenvalue weighted by molar-refractivity contribution is 9.10. The molecule has 1 aromatic heterocycles. The first-order chi connectivity index (χ1) is 8.54. The Labute approximate surface area is 116 Å². The molecule has 0 bridgehead atoms. The highest BCUT2D eigenvalue weighted by Crippen LogP contribution is 2.28. The Morgan fingerprint density at radius 2 is 1.89 bits per heavy atom. The van der Waals surface area contributed by atoms with Crippen LogP contribution < -0.4 is 5.32 Å². The van der Waals surface area contributed by atoms with Crippen LogP contribution in [0.5, 0.6) is 0 Å². The third-order valence-electron chi connectivity index (χ3n) is 3.24. The van der Waals surface area contributed by atoms with E-state index in [2.05, 4.69) is 52.3 Å². The van der Waals surface area contributed by atoms with Crippen LogP contribution in [-0.2, 0) is 7.05 Å². The summed E-state index contributed by atoms with van der Waals surface area (Å²) in [5.41, 5.74) is 4.94. The standard InChI is InChI=1S/C14H18BrN3/c1-9-7-11(8-10(2)13(9)15)14(16-3)12-5-6-17-18(12)4/h5-8,14,16H,1-4H3. The number of aryl methyl sites for hydroxylation is 3. The van der Waals surface area contributed by atoms with Crippen LogP contribution in [0.2, 0.25) is 0 Å². The van der Waals surface area contributed by atoms with Crippen LogP contribution in [0.3, 0.4) is 0 Å². The summed E-state index contributed by atoms with van der Waals surface area (Å²) in [6, 6.07) is 6.65. The Morgan fingerprint density at radius 3 is 2.33 bits per heavy atom. The van der Waals surface area contributed by atoms with Gasteiger partial charge in [-0.05, 0) is 43.7 Å². The fourth-order valence-corrected chi connectivity index (χ4v) is 2.53. The fourth-order valence-electron chi connectivity index (χ4n) is 2.30. The molecule has 1 aromatic carbocycles. The minimum Gasteiger partial charge on any atom is -0.308 e. The average Bonchev–Trinajstić information content (AvgIpc) is 2.74. The molecule has 1 N–H and O–H groups in total. The van der Waals surface area contributed by atoms with E-state index in [0.717, 1.165) is 0 Å². The Kier molecular flexibility index (Phi) is 3.88. The van der Waals surface area contributed by atoms with Gasteiger partial charge in [0.15, 0.2) is 0 Å². The van der Waals surface area contributed by atoms with Gasteiger partial charge in [0.05, 0.1) is 11.7 Å². The molecule has 1 heterocycles. The molecule has 0 fully saturated rings. The molecule has 0 radical (unpaired) electrons. The first-order valence-electron chi connectivity index (χ1n) is 5.96. The quantitative estimate of drug-likeness (QED) is 0.944. The van der Waals surface area contributed by atoms with E-state index in [1.165, 1.54) is 26.9 Å². The van der Waals surface area contributed by atoms with Gasteiger partial charge in [-0.3, -0.25) is 4.68 Å². The second-order valence-corrected chi connectivity index (χ2v) is 5.36. The first kappa shape index (κ1) is 13.3. The molecular weight excluding hydrogens is 290 g/mol. The van der Waals surface area contributed by atoms with Crippen LogP contribution >= 0.6 is 15.9 Å². The van der Waals surface area contributed by atoms with Crippen molar-refractivity contribution in [3.8, 4) is 0 Å². The van der Waals surface area contributed by atoms with Gasteiger partial charge in [0.25, 0.3) is 0 Å². The zero-order valence-corrected chi connectivity index (χ0v) is 12.7. The van der Waals surface area contributed by atoms with Crippen molar-refractivity contribution in [3.63, 3.8) is 0 Å². The summed E-state index contributed by atoms with van der Waals surface area (Å²) < 4.78 is 3.10. The van der Waals surface area contributed by atoms with Crippen LogP contribution in [-0.4, -0.2) is 16.8 Å². The molecule has 0 saturated carbocycles. The minimum atomic E-state index is 0.169. The molecule has 0 amide bonds. The van der Waals surface area contributed by atoms with Crippen LogP contribution in [0.4, 0.5) is 0 Å². The summed E-state index contributed by atoms with van der Waals surface area (Å²) in [7, 11) is 3.95. The molecule has 96 valence electrons. The summed E-state index contributed by atoms with van der Waals surface area (Å²) in [5, 5.41) is 7.60. The Balaban J connectivity index is 2.49. The maximum atomic E-state index is 4.24. The average molecular weight is 308 g/mol. The van der Waals surface area contributed by atoms with Crippen molar-refractivity contribution in [3.05, 3.63) is 51.3 Å². The number of hydrogen-bond acceptors (Lipinski definition) is 2. The summed E-state index contributed by atoms with van der Waals surface area (Å²) >= 11 is 3.61. The number of hydrogen-bond donors (Lipinski definition) is 1. The molecule has 2 aromatic rings. The predicted molar refractivity (Wildman–Crippen MR) is 77.7 cm³/mol. The van der Waals surface area contributed by atoms with Gasteiger partial charge in [-0.15, -0.1) is 0 Å². The van der Waals surface area contributed by atoms with Gasteiger partial charge in [0.2, 0.25) is 0 Å². The van der Waals surface area contributed by atoms with Crippen molar-refractivity contribution in [2.24, 2.45) is 7.05 Å². The number of nitrogens with zero attached hydrogens (tertiary/aromatic N) is 2. The van der Waals surface area contributed by atoms with Gasteiger partial charge in [-0.2, -0.15) is 5.10 Å². The predicted octanol–water partition coefficient (Wildman–Crippen LogP) is 3.11. The van der Waals surface area contributed by atoms with E-state index < -0.39 is 0 Å². The molecule has 1 atom stereocenters. The third kappa shape index (κ3) is 2.35. The molecular formula is C14H18BrN3. The topological polar surface area (TPSA) is 29.9 Å². The van der Waals surface area contributed by atoms with Gasteiger partial charge in [-0.25, -0.2) is 0 Å². The SMILES string of the molecule is CNC(c1cc(C)c(Br)c(C)c1)c1ccnn1C. The maximum absolute atomic E-state index is 4.24. The molecule has 0 aliphatic carbocycles. The van der Waals surface area contributed by atoms with E-state index >= 15 is 0 Å². The monoisotopic (exact) mass is 307 g/mol. The fraction of sp³-hybridized carbons (Fsp3) is 0.357. The van der Waals surface area contributed by atoms with Crippen molar-refractivity contribution < 1.29 is 0 Å². The zero-order valence-electron chi connectivity index (χ0n) is 11.2. The third-order valence-corrected chi connectivity index (χ3v) is 4.49. The number of benzene rings is 1. The van der Waals surface area contributed by atoms with Gasteiger partial charge in [0.1, 0.15) is 0 Å². The van der Waals surface area contributed by atoms with Crippen LogP contribution in [0.15, 0.2) is 28.9 Å². The molecule has 3 nitrogen and oxygen atoms in total. The molecule has 2 rings (SSSR count). The molecule has 4 heteroatoms. The van der Waals surface area contributed by atoms with E-state index in [-0.39, 0.29) is 6.04 Å². The summed E-state index contributed by atoms with van der Waals surface area (Å²) in [5.74, 6) is 0. The molecule has 0 saturated heterocycles. The van der Waals surface area contributed by atoms with E-state index in [9.17, 15) is 0 Å². The molecule has 0 spiro atoms. The zero-order chi connectivity index (χ0) is 13.3. The molecule has 18 heavy (non-hydrogen) atoms. The highest BCUT2D eigenvalue weighted by Gasteiger charge is 2.16. The van der Waals surface area contributed by atoms with Gasteiger partial charge < -0.3 is 5.32 Å². The van der Waals surface area contributed by atoms with Crippen molar-refractivity contribution >= 4 is 15.9 Å². The van der Waals surface area contributed by atoms with Crippen LogP contribution in [0.1, 0.15) is 28.4 Å². The van der Waals surface area contributed by atoms with E-state index in [1.54, 1.807) is 0 Å². The van der Waals surface area contributed by atoms with Gasteiger partial charge in [0, 0.05) is 17.7 Å². The van der Waals surface area contributed by atoms with Crippen molar-refractivity contribution in [1.29, 1.82) is 0 Å². The Morgan fingerprint density at radius 1 is 1.28 bits per heavy atom. The maximum Gasteiger partial charge on any atom is 0.0745 e. The largest absolute Gasteiger partial charge is 0.308 e. The lowest BCUT2D eigenvalue weighted by molar-refractivity contribution is 0.605. The lowest BCUT2D eigenvalue weighted by atomic mass is 9.99. The Bertz CT molecular complexity index is 537. The second kappa shape index (κ2) is 5.24. The van der Waals surface area contributed by atoms with Crippen molar-refractivity contribution in [1.82, 2.24) is 15.1 Å². The van der Waals surface area contributed by atoms with Crippen LogP contribution in [0, 0.1) is 13.8 Å². The molecule has 1 unspecified atom stereocenters. The van der Waals surface area contributed by atoms with Gasteiger partial charge >= 0.3 is 0 Å². The lowest BCUT2D eigenvalue weighted by Gasteiger charge is -2.19. The normalized spacial score (nSPS) is 12.7. The number of nitrogens with one attached hydrogen (secondary N) is 1. The van der Waals surface area contributed by atoms with Crippen LogP contribution in [0.25, 0.3) is 0 Å². The molecule has 0 aliphatic heterocycles. The second-order valence-electron chi connectivity index (χ2n) is 4.57. The lowest BCUT2D eigenvalue weighted by Crippen LogP contribution is -2.20. The number of rotatable bonds is 3.